The number of carbonyl (C=O) groups is 2. The van der Waals surface area contributed by atoms with Gasteiger partial charge in [-0.3, -0.25) is 9.59 Å². The molecule has 0 atom stereocenters. The predicted molar refractivity (Wildman–Crippen MR) is 97.8 cm³/mol. The lowest BCUT2D eigenvalue weighted by atomic mass is 10.2. The van der Waals surface area contributed by atoms with Gasteiger partial charge in [-0.2, -0.15) is 0 Å². The monoisotopic (exact) mass is 345 g/mol. The number of rotatable bonds is 5. The summed E-state index contributed by atoms with van der Waals surface area (Å²) in [7, 11) is 3.41. The third kappa shape index (κ3) is 4.73. The molecule has 126 valence electrons. The minimum atomic E-state index is -0.172. The summed E-state index contributed by atoms with van der Waals surface area (Å²) in [6, 6.07) is 12.3. The summed E-state index contributed by atoms with van der Waals surface area (Å²) >= 11 is 5.94. The Balaban J connectivity index is 1.92. The van der Waals surface area contributed by atoms with Crippen LogP contribution in [-0.4, -0.2) is 37.4 Å². The van der Waals surface area contributed by atoms with E-state index in [-0.39, 0.29) is 18.4 Å². The topological polar surface area (TPSA) is 61.4 Å². The SMILES string of the molecule is Cc1ccc(Cl)cc1NC(=O)CNc1ccc(C(=O)N(C)C)cc1. The first-order valence-electron chi connectivity index (χ1n) is 7.48. The van der Waals surface area contributed by atoms with Gasteiger partial charge in [-0.05, 0) is 48.9 Å². The summed E-state index contributed by atoms with van der Waals surface area (Å²) < 4.78 is 0. The zero-order valence-electron chi connectivity index (χ0n) is 13.9. The number of amides is 2. The molecule has 0 aromatic heterocycles. The summed E-state index contributed by atoms with van der Waals surface area (Å²) in [5.74, 6) is -0.232. The molecule has 0 aliphatic carbocycles. The van der Waals surface area contributed by atoms with Crippen molar-refractivity contribution in [2.24, 2.45) is 0 Å². The van der Waals surface area contributed by atoms with E-state index in [2.05, 4.69) is 10.6 Å². The van der Waals surface area contributed by atoms with E-state index >= 15 is 0 Å². The van der Waals surface area contributed by atoms with E-state index in [1.807, 2.05) is 13.0 Å². The molecule has 0 aliphatic heterocycles. The van der Waals surface area contributed by atoms with Gasteiger partial charge in [-0.25, -0.2) is 0 Å². The van der Waals surface area contributed by atoms with Crippen molar-refractivity contribution in [1.82, 2.24) is 4.90 Å². The molecule has 0 unspecified atom stereocenters. The number of nitrogens with one attached hydrogen (secondary N) is 2. The summed E-state index contributed by atoms with van der Waals surface area (Å²) in [5.41, 5.74) is 3.01. The van der Waals surface area contributed by atoms with Crippen molar-refractivity contribution in [1.29, 1.82) is 0 Å². The minimum absolute atomic E-state index is 0.0595. The third-order valence-corrected chi connectivity index (χ3v) is 3.70. The van der Waals surface area contributed by atoms with Gasteiger partial charge in [0.2, 0.25) is 5.91 Å². The van der Waals surface area contributed by atoms with Crippen LogP contribution in [0.5, 0.6) is 0 Å². The van der Waals surface area contributed by atoms with Crippen LogP contribution in [0.15, 0.2) is 42.5 Å². The number of carbonyl (C=O) groups excluding carboxylic acids is 2. The van der Waals surface area contributed by atoms with Crippen molar-refractivity contribution in [3.8, 4) is 0 Å². The van der Waals surface area contributed by atoms with Crippen molar-refractivity contribution in [2.45, 2.75) is 6.92 Å². The van der Waals surface area contributed by atoms with Crippen molar-refractivity contribution >= 4 is 34.8 Å². The van der Waals surface area contributed by atoms with E-state index in [0.717, 1.165) is 11.3 Å². The van der Waals surface area contributed by atoms with Crippen molar-refractivity contribution < 1.29 is 9.59 Å². The molecule has 0 aliphatic rings. The van der Waals surface area contributed by atoms with Crippen LogP contribution < -0.4 is 10.6 Å². The van der Waals surface area contributed by atoms with Crippen LogP contribution in [0.4, 0.5) is 11.4 Å². The van der Waals surface area contributed by atoms with Crippen LogP contribution in [0.3, 0.4) is 0 Å². The molecular weight excluding hydrogens is 326 g/mol. The fourth-order valence-corrected chi connectivity index (χ4v) is 2.27. The highest BCUT2D eigenvalue weighted by Crippen LogP contribution is 2.20. The van der Waals surface area contributed by atoms with Crippen LogP contribution >= 0.6 is 11.6 Å². The zero-order valence-corrected chi connectivity index (χ0v) is 14.6. The lowest BCUT2D eigenvalue weighted by molar-refractivity contribution is -0.114. The average Bonchev–Trinajstić information content (AvgIpc) is 2.56. The quantitative estimate of drug-likeness (QED) is 0.873. The van der Waals surface area contributed by atoms with Gasteiger partial charge in [0.1, 0.15) is 0 Å². The highest BCUT2D eigenvalue weighted by Gasteiger charge is 2.08. The first-order chi connectivity index (χ1) is 11.4. The van der Waals surface area contributed by atoms with Crippen LogP contribution in [0.1, 0.15) is 15.9 Å². The molecule has 6 heteroatoms. The summed E-state index contributed by atoms with van der Waals surface area (Å²) in [4.78, 5) is 25.4. The normalized spacial score (nSPS) is 10.2. The molecule has 0 spiro atoms. The van der Waals surface area contributed by atoms with Gasteiger partial charge in [0.25, 0.3) is 5.91 Å². The van der Waals surface area contributed by atoms with E-state index in [1.165, 1.54) is 4.90 Å². The predicted octanol–water partition coefficient (Wildman–Crippen LogP) is 3.40. The second-order valence-corrected chi connectivity index (χ2v) is 6.07. The summed E-state index contributed by atoms with van der Waals surface area (Å²) in [6.45, 7) is 2.02. The van der Waals surface area contributed by atoms with Gasteiger partial charge in [0.15, 0.2) is 0 Å². The Morgan fingerprint density at radius 3 is 2.38 bits per heavy atom. The standard InChI is InChI=1S/C18H20ClN3O2/c1-12-4-7-14(19)10-16(12)21-17(23)11-20-15-8-5-13(6-9-15)18(24)22(2)3/h4-10,20H,11H2,1-3H3,(H,21,23). The van der Waals surface area contributed by atoms with Gasteiger partial charge in [-0.1, -0.05) is 17.7 Å². The van der Waals surface area contributed by atoms with Crippen molar-refractivity contribution in [3.63, 3.8) is 0 Å². The van der Waals surface area contributed by atoms with Crippen LogP contribution in [0.2, 0.25) is 5.02 Å². The Bertz CT molecular complexity index is 742. The third-order valence-electron chi connectivity index (χ3n) is 3.46. The first kappa shape index (κ1) is 17.8. The van der Waals surface area contributed by atoms with Crippen molar-refractivity contribution in [3.05, 3.63) is 58.6 Å². The Labute approximate surface area is 146 Å². The molecule has 0 saturated heterocycles. The summed E-state index contributed by atoms with van der Waals surface area (Å²) in [6.07, 6.45) is 0. The fourth-order valence-electron chi connectivity index (χ4n) is 2.09. The molecule has 0 heterocycles. The zero-order chi connectivity index (χ0) is 17.7. The molecule has 0 saturated carbocycles. The second kappa shape index (κ2) is 7.84. The molecule has 0 radical (unpaired) electrons. The number of hydrogen-bond acceptors (Lipinski definition) is 3. The number of nitrogens with zero attached hydrogens (tertiary/aromatic N) is 1. The smallest absolute Gasteiger partial charge is 0.253 e. The Kier molecular flexibility index (Phi) is 5.82. The average molecular weight is 346 g/mol. The fraction of sp³-hybridized carbons (Fsp3) is 0.222. The molecular formula is C18H20ClN3O2. The van der Waals surface area contributed by atoms with E-state index in [1.54, 1.807) is 50.5 Å². The van der Waals surface area contributed by atoms with Gasteiger partial charge in [0, 0.05) is 36.1 Å². The molecule has 24 heavy (non-hydrogen) atoms. The van der Waals surface area contributed by atoms with Gasteiger partial charge >= 0.3 is 0 Å². The molecule has 2 N–H and O–H groups in total. The van der Waals surface area contributed by atoms with E-state index in [9.17, 15) is 9.59 Å². The van der Waals surface area contributed by atoms with Gasteiger partial charge in [-0.15, -0.1) is 0 Å². The molecule has 2 aromatic carbocycles. The highest BCUT2D eigenvalue weighted by atomic mass is 35.5. The maximum Gasteiger partial charge on any atom is 0.253 e. The van der Waals surface area contributed by atoms with E-state index < -0.39 is 0 Å². The van der Waals surface area contributed by atoms with Crippen molar-refractivity contribution in [2.75, 3.05) is 31.3 Å². The highest BCUT2D eigenvalue weighted by molar-refractivity contribution is 6.31. The van der Waals surface area contributed by atoms with Crippen LogP contribution in [0.25, 0.3) is 0 Å². The van der Waals surface area contributed by atoms with Crippen LogP contribution in [0, 0.1) is 6.92 Å². The Hall–Kier alpha value is -2.53. The Morgan fingerprint density at radius 2 is 1.75 bits per heavy atom. The summed E-state index contributed by atoms with van der Waals surface area (Å²) in [5, 5.41) is 6.42. The lowest BCUT2D eigenvalue weighted by Gasteiger charge is -2.12. The Morgan fingerprint density at radius 1 is 1.08 bits per heavy atom. The second-order valence-electron chi connectivity index (χ2n) is 5.64. The molecule has 5 nitrogen and oxygen atoms in total. The number of aryl methyl sites for hydroxylation is 1. The van der Waals surface area contributed by atoms with E-state index in [0.29, 0.717) is 16.3 Å². The van der Waals surface area contributed by atoms with E-state index in [4.69, 9.17) is 11.6 Å². The maximum absolute atomic E-state index is 12.0. The minimum Gasteiger partial charge on any atom is -0.376 e. The maximum atomic E-state index is 12.0. The molecule has 0 bridgehead atoms. The number of anilines is 2. The van der Waals surface area contributed by atoms with Crippen LogP contribution in [-0.2, 0) is 4.79 Å². The van der Waals surface area contributed by atoms with Gasteiger partial charge < -0.3 is 15.5 Å². The number of halogens is 1. The molecule has 2 aromatic rings. The number of hydrogen-bond donors (Lipinski definition) is 2. The van der Waals surface area contributed by atoms with Gasteiger partial charge in [0.05, 0.1) is 6.54 Å². The number of benzene rings is 2. The lowest BCUT2D eigenvalue weighted by Crippen LogP contribution is -2.23. The molecule has 2 amide bonds. The first-order valence-corrected chi connectivity index (χ1v) is 7.86. The molecule has 0 fully saturated rings. The largest absolute Gasteiger partial charge is 0.376 e. The molecule has 2 rings (SSSR count).